The van der Waals surface area contributed by atoms with Crippen LogP contribution in [0.2, 0.25) is 0 Å². The molecule has 1 amide bonds. The molecule has 0 aromatic heterocycles. The molecular weight excluding hydrogens is 464 g/mol. The summed E-state index contributed by atoms with van der Waals surface area (Å²) in [5.74, 6) is -0.406. The van der Waals surface area contributed by atoms with E-state index in [0.29, 0.717) is 5.69 Å². The van der Waals surface area contributed by atoms with Gasteiger partial charge in [0.1, 0.15) is 0 Å². The standard InChI is InChI=1S/C27H24N2O3S2/c30-27(28-25-18-10-11-19-26(25)33-23-14-6-2-7-15-23)21-29(20-22-12-4-1-5-13-22)34(31,32)24-16-8-3-9-17-24/h1-19H,20-21H2,(H,28,30). The molecule has 7 heteroatoms. The third-order valence-electron chi connectivity index (χ3n) is 5.03. The monoisotopic (exact) mass is 488 g/mol. The third-order valence-corrected chi connectivity index (χ3v) is 7.92. The largest absolute Gasteiger partial charge is 0.324 e. The lowest BCUT2D eigenvalue weighted by Crippen LogP contribution is -2.37. The molecule has 0 aliphatic rings. The molecule has 0 aliphatic carbocycles. The van der Waals surface area contributed by atoms with Crippen molar-refractivity contribution in [3.8, 4) is 0 Å². The molecule has 0 heterocycles. The lowest BCUT2D eigenvalue weighted by molar-refractivity contribution is -0.116. The van der Waals surface area contributed by atoms with Gasteiger partial charge in [0.25, 0.3) is 0 Å². The van der Waals surface area contributed by atoms with Crippen LogP contribution in [0.5, 0.6) is 0 Å². The van der Waals surface area contributed by atoms with Crippen LogP contribution in [-0.4, -0.2) is 25.2 Å². The molecule has 34 heavy (non-hydrogen) atoms. The lowest BCUT2D eigenvalue weighted by Gasteiger charge is -2.22. The van der Waals surface area contributed by atoms with Crippen LogP contribution in [0, 0.1) is 0 Å². The van der Waals surface area contributed by atoms with Crippen LogP contribution in [0.4, 0.5) is 5.69 Å². The highest BCUT2D eigenvalue weighted by Crippen LogP contribution is 2.33. The Morgan fingerprint density at radius 1 is 0.735 bits per heavy atom. The Morgan fingerprint density at radius 3 is 1.97 bits per heavy atom. The van der Waals surface area contributed by atoms with Crippen LogP contribution in [0.1, 0.15) is 5.56 Å². The highest BCUT2D eigenvalue weighted by molar-refractivity contribution is 7.99. The Labute approximate surface area is 204 Å². The Balaban J connectivity index is 1.56. The van der Waals surface area contributed by atoms with Crippen LogP contribution in [0.3, 0.4) is 0 Å². The topological polar surface area (TPSA) is 66.5 Å². The number of carbonyl (C=O) groups excluding carboxylic acids is 1. The van der Waals surface area contributed by atoms with Crippen molar-refractivity contribution in [2.75, 3.05) is 11.9 Å². The molecule has 0 bridgehead atoms. The molecule has 0 saturated carbocycles. The maximum absolute atomic E-state index is 13.4. The zero-order valence-corrected chi connectivity index (χ0v) is 20.0. The van der Waals surface area contributed by atoms with Crippen molar-refractivity contribution < 1.29 is 13.2 Å². The zero-order valence-electron chi connectivity index (χ0n) is 18.4. The van der Waals surface area contributed by atoms with E-state index in [1.54, 1.807) is 18.2 Å². The molecule has 0 spiro atoms. The highest BCUT2D eigenvalue weighted by atomic mass is 32.2. The normalized spacial score (nSPS) is 11.3. The fourth-order valence-corrected chi connectivity index (χ4v) is 5.71. The van der Waals surface area contributed by atoms with E-state index in [2.05, 4.69) is 5.32 Å². The van der Waals surface area contributed by atoms with Gasteiger partial charge in [0.05, 0.1) is 17.1 Å². The maximum atomic E-state index is 13.4. The predicted octanol–water partition coefficient (Wildman–Crippen LogP) is 5.67. The SMILES string of the molecule is O=C(CN(Cc1ccccc1)S(=O)(=O)c1ccccc1)Nc1ccccc1Sc1ccccc1. The fraction of sp³-hybridized carbons (Fsp3) is 0.0741. The number of anilines is 1. The molecule has 0 unspecified atom stereocenters. The van der Waals surface area contributed by atoms with Gasteiger partial charge in [0, 0.05) is 16.3 Å². The Kier molecular flexibility index (Phi) is 7.80. The first-order chi connectivity index (χ1) is 16.5. The minimum absolute atomic E-state index is 0.0892. The van der Waals surface area contributed by atoms with E-state index in [-0.39, 0.29) is 18.0 Å². The van der Waals surface area contributed by atoms with Gasteiger partial charge in [-0.25, -0.2) is 8.42 Å². The summed E-state index contributed by atoms with van der Waals surface area (Å²) in [7, 11) is -3.88. The number of para-hydroxylation sites is 1. The van der Waals surface area contributed by atoms with Crippen LogP contribution in [-0.2, 0) is 21.4 Å². The average molecular weight is 489 g/mol. The van der Waals surface area contributed by atoms with Crippen molar-refractivity contribution in [2.45, 2.75) is 21.2 Å². The van der Waals surface area contributed by atoms with Crippen molar-refractivity contribution in [1.29, 1.82) is 0 Å². The molecule has 0 saturated heterocycles. The van der Waals surface area contributed by atoms with E-state index in [4.69, 9.17) is 0 Å². The molecule has 0 radical (unpaired) electrons. The van der Waals surface area contributed by atoms with E-state index >= 15 is 0 Å². The molecule has 4 aromatic rings. The first-order valence-electron chi connectivity index (χ1n) is 10.7. The van der Waals surface area contributed by atoms with Crippen molar-refractivity contribution >= 4 is 33.4 Å². The number of benzene rings is 4. The van der Waals surface area contributed by atoms with E-state index in [9.17, 15) is 13.2 Å². The van der Waals surface area contributed by atoms with Gasteiger partial charge in [-0.05, 0) is 42.0 Å². The second-order valence-corrected chi connectivity index (χ2v) is 10.6. The summed E-state index contributed by atoms with van der Waals surface area (Å²) in [5.41, 5.74) is 1.44. The first kappa shape index (κ1) is 23.8. The minimum atomic E-state index is -3.88. The zero-order chi connectivity index (χ0) is 23.8. The number of nitrogens with one attached hydrogen (secondary N) is 1. The lowest BCUT2D eigenvalue weighted by atomic mass is 10.2. The summed E-state index contributed by atoms with van der Waals surface area (Å²) in [5, 5.41) is 2.90. The van der Waals surface area contributed by atoms with Gasteiger partial charge in [-0.3, -0.25) is 4.79 Å². The van der Waals surface area contributed by atoms with Crippen molar-refractivity contribution in [1.82, 2.24) is 4.31 Å². The number of sulfonamides is 1. The molecule has 0 atom stereocenters. The summed E-state index contributed by atoms with van der Waals surface area (Å²) in [6.07, 6.45) is 0. The molecule has 1 N–H and O–H groups in total. The second kappa shape index (κ2) is 11.2. The van der Waals surface area contributed by atoms with Crippen LogP contribution >= 0.6 is 11.8 Å². The Bertz CT molecular complexity index is 1330. The molecule has 5 nitrogen and oxygen atoms in total. The number of rotatable bonds is 9. The second-order valence-electron chi connectivity index (χ2n) is 7.53. The van der Waals surface area contributed by atoms with Gasteiger partial charge < -0.3 is 5.32 Å². The van der Waals surface area contributed by atoms with Gasteiger partial charge in [0.15, 0.2) is 0 Å². The van der Waals surface area contributed by atoms with E-state index in [1.165, 1.54) is 28.2 Å². The summed E-state index contributed by atoms with van der Waals surface area (Å²) in [6, 6.07) is 34.8. The Hall–Kier alpha value is -3.39. The van der Waals surface area contributed by atoms with Gasteiger partial charge in [-0.15, -0.1) is 0 Å². The van der Waals surface area contributed by atoms with E-state index in [0.717, 1.165) is 15.4 Å². The average Bonchev–Trinajstić information content (AvgIpc) is 2.87. The summed E-state index contributed by atoms with van der Waals surface area (Å²) < 4.78 is 28.0. The van der Waals surface area contributed by atoms with Gasteiger partial charge in [-0.2, -0.15) is 4.31 Å². The smallest absolute Gasteiger partial charge is 0.243 e. The van der Waals surface area contributed by atoms with Crippen LogP contribution in [0.25, 0.3) is 0 Å². The van der Waals surface area contributed by atoms with E-state index in [1.807, 2.05) is 84.9 Å². The third kappa shape index (κ3) is 6.14. The number of hydrogen-bond donors (Lipinski definition) is 1. The van der Waals surface area contributed by atoms with Crippen molar-refractivity contribution in [2.24, 2.45) is 0 Å². The van der Waals surface area contributed by atoms with Gasteiger partial charge in [-0.1, -0.05) is 90.6 Å². The number of amides is 1. The molecule has 0 fully saturated rings. The maximum Gasteiger partial charge on any atom is 0.243 e. The summed E-state index contributed by atoms with van der Waals surface area (Å²) in [4.78, 5) is 15.1. The molecule has 4 rings (SSSR count). The van der Waals surface area contributed by atoms with Crippen molar-refractivity contribution in [3.63, 3.8) is 0 Å². The van der Waals surface area contributed by atoms with Crippen LogP contribution in [0.15, 0.2) is 130 Å². The number of carbonyl (C=O) groups is 1. The first-order valence-corrected chi connectivity index (χ1v) is 13.0. The summed E-state index contributed by atoms with van der Waals surface area (Å²) in [6.45, 7) is -0.220. The number of hydrogen-bond acceptors (Lipinski definition) is 4. The molecular formula is C27H24N2O3S2. The van der Waals surface area contributed by atoms with Crippen molar-refractivity contribution in [3.05, 3.63) is 121 Å². The van der Waals surface area contributed by atoms with E-state index < -0.39 is 15.9 Å². The number of nitrogens with zero attached hydrogens (tertiary/aromatic N) is 1. The molecule has 172 valence electrons. The Morgan fingerprint density at radius 2 is 1.29 bits per heavy atom. The predicted molar refractivity (Wildman–Crippen MR) is 136 cm³/mol. The molecule has 4 aromatic carbocycles. The van der Waals surface area contributed by atoms with Gasteiger partial charge >= 0.3 is 0 Å². The minimum Gasteiger partial charge on any atom is -0.324 e. The van der Waals surface area contributed by atoms with Gasteiger partial charge in [0.2, 0.25) is 15.9 Å². The molecule has 0 aliphatic heterocycles. The summed E-state index contributed by atoms with van der Waals surface area (Å²) >= 11 is 1.53. The highest BCUT2D eigenvalue weighted by Gasteiger charge is 2.27. The quantitative estimate of drug-likeness (QED) is 0.330. The fourth-order valence-electron chi connectivity index (χ4n) is 3.38. The van der Waals surface area contributed by atoms with Crippen LogP contribution < -0.4 is 5.32 Å².